The summed E-state index contributed by atoms with van der Waals surface area (Å²) in [5.41, 5.74) is 7.83. The van der Waals surface area contributed by atoms with Crippen molar-refractivity contribution in [1.29, 1.82) is 26.3 Å². The van der Waals surface area contributed by atoms with Gasteiger partial charge >= 0.3 is 0 Å². The molecule has 0 aliphatic heterocycles. The summed E-state index contributed by atoms with van der Waals surface area (Å²) in [6.07, 6.45) is 1.76. The SMILES string of the molecule is N#Cc1ccc(-c2cc(-n3c4cc(C#N)ccc4c4ccc(C#N)cc43)ncc2-n2c3cc(C#N)ccc3c3ccc(C#N)cc32)cc1. The molecule has 48 heavy (non-hydrogen) atoms. The molecule has 3 heterocycles. The molecule has 0 unspecified atom stereocenters. The van der Waals surface area contributed by atoms with Crippen molar-refractivity contribution in [3.05, 3.63) is 137 Å². The number of hydrogen-bond acceptors (Lipinski definition) is 6. The van der Waals surface area contributed by atoms with Crippen molar-refractivity contribution in [3.8, 4) is 53.0 Å². The summed E-state index contributed by atoms with van der Waals surface area (Å²) >= 11 is 0. The number of fused-ring (bicyclic) bond motifs is 6. The van der Waals surface area contributed by atoms with Crippen LogP contribution in [0.3, 0.4) is 0 Å². The topological polar surface area (TPSA) is 142 Å². The Morgan fingerprint density at radius 2 is 0.792 bits per heavy atom. The molecule has 0 saturated heterocycles. The zero-order valence-corrected chi connectivity index (χ0v) is 25.0. The van der Waals surface area contributed by atoms with Gasteiger partial charge in [-0.25, -0.2) is 4.98 Å². The molecule has 8 heteroatoms. The van der Waals surface area contributed by atoms with Crippen LogP contribution < -0.4 is 0 Å². The molecule has 218 valence electrons. The third kappa shape index (κ3) is 4.15. The summed E-state index contributed by atoms with van der Waals surface area (Å²) in [5, 5.41) is 52.3. The first-order chi connectivity index (χ1) is 23.5. The minimum Gasteiger partial charge on any atom is -0.307 e. The molecule has 0 N–H and O–H groups in total. The van der Waals surface area contributed by atoms with Gasteiger partial charge in [-0.05, 0) is 72.3 Å². The summed E-state index contributed by atoms with van der Waals surface area (Å²) in [6, 6.07) is 42.4. The first-order valence-corrected chi connectivity index (χ1v) is 14.8. The highest BCUT2D eigenvalue weighted by atomic mass is 15.1. The minimum atomic E-state index is 0.489. The number of benzene rings is 5. The van der Waals surface area contributed by atoms with Gasteiger partial charge in [0.1, 0.15) is 5.82 Å². The second-order valence-electron chi connectivity index (χ2n) is 11.3. The second-order valence-corrected chi connectivity index (χ2v) is 11.3. The standard InChI is InChI=1S/C40H18N8/c41-18-24-1-7-29(8-2-24)34-17-40(48-37-15-27(21-44)5-11-32(37)33-12-6-28(22-45)16-38(33)48)46-23-39(34)47-35-13-25(19-42)3-9-30(35)31-10-4-26(20-43)14-36(31)47/h1-17,23H. The van der Waals surface area contributed by atoms with Crippen LogP contribution in [-0.2, 0) is 0 Å². The Hall–Kier alpha value is -7.70. The smallest absolute Gasteiger partial charge is 0.138 e. The van der Waals surface area contributed by atoms with Crippen molar-refractivity contribution in [1.82, 2.24) is 14.1 Å². The van der Waals surface area contributed by atoms with Gasteiger partial charge in [0.25, 0.3) is 0 Å². The molecular formula is C40H18N8. The van der Waals surface area contributed by atoms with E-state index in [9.17, 15) is 26.3 Å². The summed E-state index contributed by atoms with van der Waals surface area (Å²) in [6.45, 7) is 0. The van der Waals surface area contributed by atoms with E-state index in [4.69, 9.17) is 4.98 Å². The average Bonchev–Trinajstić information content (AvgIpc) is 3.65. The highest BCUT2D eigenvalue weighted by Gasteiger charge is 2.21. The van der Waals surface area contributed by atoms with Gasteiger partial charge in [0.05, 0.1) is 92.1 Å². The molecule has 0 fully saturated rings. The largest absolute Gasteiger partial charge is 0.307 e. The van der Waals surface area contributed by atoms with Crippen molar-refractivity contribution >= 4 is 43.6 Å². The predicted molar refractivity (Wildman–Crippen MR) is 182 cm³/mol. The molecule has 5 aromatic carbocycles. The number of rotatable bonds is 3. The lowest BCUT2D eigenvalue weighted by atomic mass is 10.0. The molecule has 0 amide bonds. The van der Waals surface area contributed by atoms with Gasteiger partial charge in [-0.1, -0.05) is 36.4 Å². The lowest BCUT2D eigenvalue weighted by Gasteiger charge is -2.17. The Balaban J connectivity index is 1.50. The summed E-state index contributed by atoms with van der Waals surface area (Å²) < 4.78 is 3.97. The Bertz CT molecular complexity index is 2750. The van der Waals surface area contributed by atoms with Crippen molar-refractivity contribution < 1.29 is 0 Å². The zero-order chi connectivity index (χ0) is 32.9. The van der Waals surface area contributed by atoms with Crippen molar-refractivity contribution in [3.63, 3.8) is 0 Å². The highest BCUT2D eigenvalue weighted by molar-refractivity contribution is 6.11. The molecule has 0 radical (unpaired) electrons. The van der Waals surface area contributed by atoms with E-state index >= 15 is 0 Å². The number of aromatic nitrogens is 3. The molecule has 0 aliphatic rings. The molecule has 0 saturated carbocycles. The maximum atomic E-state index is 9.80. The molecule has 8 nitrogen and oxygen atoms in total. The van der Waals surface area contributed by atoms with E-state index in [1.165, 1.54) is 0 Å². The van der Waals surface area contributed by atoms with Crippen LogP contribution in [0.2, 0.25) is 0 Å². The molecule has 0 atom stereocenters. The normalized spacial score (nSPS) is 10.8. The van der Waals surface area contributed by atoms with Crippen molar-refractivity contribution in [2.75, 3.05) is 0 Å². The number of nitrogens with zero attached hydrogens (tertiary/aromatic N) is 8. The van der Waals surface area contributed by atoms with Crippen LogP contribution in [0.25, 0.3) is 66.2 Å². The van der Waals surface area contributed by atoms with Gasteiger partial charge in [-0.2, -0.15) is 26.3 Å². The zero-order valence-electron chi connectivity index (χ0n) is 25.0. The summed E-state index contributed by atoms with van der Waals surface area (Å²) in [5.74, 6) is 0.555. The maximum Gasteiger partial charge on any atom is 0.138 e. The van der Waals surface area contributed by atoms with Gasteiger partial charge < -0.3 is 4.57 Å². The summed E-state index contributed by atoms with van der Waals surface area (Å²) in [7, 11) is 0. The number of nitriles is 5. The first kappa shape index (κ1) is 27.8. The van der Waals surface area contributed by atoms with Gasteiger partial charge in [-0.15, -0.1) is 0 Å². The van der Waals surface area contributed by atoms with Gasteiger partial charge in [0.15, 0.2) is 0 Å². The fraction of sp³-hybridized carbons (Fsp3) is 0. The Morgan fingerprint density at radius 1 is 0.417 bits per heavy atom. The molecule has 0 aliphatic carbocycles. The molecular weight excluding hydrogens is 592 g/mol. The highest BCUT2D eigenvalue weighted by Crippen LogP contribution is 2.39. The third-order valence-corrected chi connectivity index (χ3v) is 8.71. The minimum absolute atomic E-state index is 0.489. The van der Waals surface area contributed by atoms with Crippen molar-refractivity contribution in [2.24, 2.45) is 0 Å². The van der Waals surface area contributed by atoms with Crippen LogP contribution in [0.4, 0.5) is 0 Å². The van der Waals surface area contributed by atoms with Crippen LogP contribution in [-0.4, -0.2) is 14.1 Å². The number of pyridine rings is 1. The van der Waals surface area contributed by atoms with Crippen LogP contribution in [0.5, 0.6) is 0 Å². The fourth-order valence-corrected chi connectivity index (χ4v) is 6.51. The Kier molecular flexibility index (Phi) is 6.22. The van der Waals surface area contributed by atoms with Crippen molar-refractivity contribution in [2.45, 2.75) is 0 Å². The molecule has 8 aromatic rings. The Morgan fingerprint density at radius 3 is 1.19 bits per heavy atom. The van der Waals surface area contributed by atoms with E-state index in [1.807, 2.05) is 75.9 Å². The lowest BCUT2D eigenvalue weighted by molar-refractivity contribution is 1.05. The lowest BCUT2D eigenvalue weighted by Crippen LogP contribution is -2.04. The van der Waals surface area contributed by atoms with E-state index in [0.29, 0.717) is 39.3 Å². The fourth-order valence-electron chi connectivity index (χ4n) is 6.51. The van der Waals surface area contributed by atoms with Crippen LogP contribution in [0.1, 0.15) is 27.8 Å². The van der Waals surface area contributed by atoms with E-state index in [-0.39, 0.29) is 0 Å². The van der Waals surface area contributed by atoms with Crippen LogP contribution in [0.15, 0.2) is 109 Å². The first-order valence-electron chi connectivity index (χ1n) is 14.8. The Labute approximate surface area is 273 Å². The molecule has 3 aromatic heterocycles. The van der Waals surface area contributed by atoms with E-state index < -0.39 is 0 Å². The maximum absolute atomic E-state index is 9.80. The van der Waals surface area contributed by atoms with Gasteiger partial charge in [-0.3, -0.25) is 4.57 Å². The summed E-state index contributed by atoms with van der Waals surface area (Å²) in [4.78, 5) is 5.00. The predicted octanol–water partition coefficient (Wildman–Crippen LogP) is 8.30. The van der Waals surface area contributed by atoms with E-state index in [1.54, 1.807) is 42.6 Å². The van der Waals surface area contributed by atoms with Gasteiger partial charge in [0.2, 0.25) is 0 Å². The molecule has 0 spiro atoms. The van der Waals surface area contributed by atoms with Crippen LogP contribution in [0, 0.1) is 56.7 Å². The average molecular weight is 611 g/mol. The second kappa shape index (κ2) is 10.7. The van der Waals surface area contributed by atoms with Gasteiger partial charge in [0, 0.05) is 27.1 Å². The third-order valence-electron chi connectivity index (χ3n) is 8.71. The quantitative estimate of drug-likeness (QED) is 0.197. The van der Waals surface area contributed by atoms with Crippen LogP contribution >= 0.6 is 0 Å². The monoisotopic (exact) mass is 610 g/mol. The molecule has 8 rings (SSSR count). The molecule has 0 bridgehead atoms. The number of hydrogen-bond donors (Lipinski definition) is 0. The van der Waals surface area contributed by atoms with E-state index in [0.717, 1.165) is 54.7 Å². The van der Waals surface area contributed by atoms with E-state index in [2.05, 4.69) is 30.3 Å².